The molecule has 0 atom stereocenters. The van der Waals surface area contributed by atoms with Crippen molar-refractivity contribution in [2.45, 2.75) is 12.9 Å². The number of aromatic nitrogens is 3. The van der Waals surface area contributed by atoms with E-state index in [4.69, 9.17) is 0 Å². The molecule has 1 heterocycles. The number of nitroso groups, excluding NO2 is 1. The summed E-state index contributed by atoms with van der Waals surface area (Å²) in [7, 11) is 0. The van der Waals surface area contributed by atoms with Crippen LogP contribution in [-0.4, -0.2) is 21.1 Å². The van der Waals surface area contributed by atoms with Gasteiger partial charge in [-0.15, -0.1) is 18.3 Å². The van der Waals surface area contributed by atoms with Gasteiger partial charge in [0.2, 0.25) is 0 Å². The van der Waals surface area contributed by atoms with Crippen LogP contribution >= 0.6 is 0 Å². The lowest BCUT2D eigenvalue weighted by Crippen LogP contribution is -2.17. The van der Waals surface area contributed by atoms with Gasteiger partial charge in [0.25, 0.3) is 0 Å². The number of hydrogen-bond donors (Lipinski definition) is 0. The molecule has 9 heteroatoms. The van der Waals surface area contributed by atoms with Crippen molar-refractivity contribution in [3.05, 3.63) is 65.6 Å². The summed E-state index contributed by atoms with van der Waals surface area (Å²) in [6.45, 7) is -0.158. The normalized spacial score (nSPS) is 11.3. The highest BCUT2D eigenvalue weighted by Gasteiger charge is 2.32. The minimum Gasteiger partial charge on any atom is -0.405 e. The van der Waals surface area contributed by atoms with Gasteiger partial charge in [-0.1, -0.05) is 35.5 Å². The molecule has 0 aliphatic carbocycles. The van der Waals surface area contributed by atoms with Crippen molar-refractivity contribution in [1.29, 1.82) is 0 Å². The first-order valence-electron chi connectivity index (χ1n) is 7.11. The number of nitrogens with zero attached hydrogens (tertiary/aromatic N) is 4. The van der Waals surface area contributed by atoms with Gasteiger partial charge in [0.1, 0.15) is 18.6 Å². The Morgan fingerprint density at radius 2 is 1.92 bits per heavy atom. The van der Waals surface area contributed by atoms with Crippen molar-refractivity contribution < 1.29 is 17.9 Å². The van der Waals surface area contributed by atoms with E-state index < -0.39 is 6.36 Å². The molecule has 0 spiro atoms. The van der Waals surface area contributed by atoms with Crippen LogP contribution in [0.1, 0.15) is 5.82 Å². The van der Waals surface area contributed by atoms with E-state index in [1.165, 1.54) is 29.2 Å². The Hall–Kier alpha value is -3.23. The first-order valence-corrected chi connectivity index (χ1v) is 7.11. The molecule has 0 saturated carbocycles. The first-order chi connectivity index (χ1) is 12.0. The molecule has 0 fully saturated rings. The molecule has 6 nitrogen and oxygen atoms in total. The van der Waals surface area contributed by atoms with Crippen LogP contribution in [0.25, 0.3) is 16.8 Å². The van der Waals surface area contributed by atoms with Crippen molar-refractivity contribution in [2.75, 3.05) is 0 Å². The van der Waals surface area contributed by atoms with E-state index in [0.29, 0.717) is 11.3 Å². The van der Waals surface area contributed by atoms with Gasteiger partial charge in [-0.3, -0.25) is 0 Å². The van der Waals surface area contributed by atoms with Crippen LogP contribution < -0.4 is 4.74 Å². The molecule has 0 aliphatic heterocycles. The maximum absolute atomic E-state index is 12.6. The minimum atomic E-state index is -4.78. The Bertz CT molecular complexity index is 893. The minimum absolute atomic E-state index is 0.158. The van der Waals surface area contributed by atoms with Gasteiger partial charge >= 0.3 is 6.36 Å². The molecule has 0 N–H and O–H groups in total. The lowest BCUT2D eigenvalue weighted by molar-refractivity contribution is -0.274. The van der Waals surface area contributed by atoms with Gasteiger partial charge < -0.3 is 4.74 Å². The molecule has 1 aromatic heterocycles. The molecular weight excluding hydrogens is 337 g/mol. The summed E-state index contributed by atoms with van der Waals surface area (Å²) < 4.78 is 43.2. The van der Waals surface area contributed by atoms with Crippen LogP contribution in [0.15, 0.2) is 60.0 Å². The van der Waals surface area contributed by atoms with Gasteiger partial charge in [-0.2, -0.15) is 4.91 Å². The highest BCUT2D eigenvalue weighted by Crippen LogP contribution is 2.34. The van der Waals surface area contributed by atoms with Crippen LogP contribution in [0.3, 0.4) is 0 Å². The summed E-state index contributed by atoms with van der Waals surface area (Å²) in [4.78, 5) is 14.2. The molecule has 0 aliphatic rings. The van der Waals surface area contributed by atoms with Gasteiger partial charge in [0, 0.05) is 5.56 Å². The third kappa shape index (κ3) is 4.00. The molecular formula is C16H11F3N4O2. The third-order valence-corrected chi connectivity index (χ3v) is 3.28. The topological polar surface area (TPSA) is 69.4 Å². The highest BCUT2D eigenvalue weighted by atomic mass is 19.4. The summed E-state index contributed by atoms with van der Waals surface area (Å²) in [6.07, 6.45) is -3.38. The van der Waals surface area contributed by atoms with Crippen LogP contribution in [0.5, 0.6) is 5.75 Å². The van der Waals surface area contributed by atoms with E-state index in [9.17, 15) is 18.1 Å². The van der Waals surface area contributed by atoms with Crippen molar-refractivity contribution in [3.63, 3.8) is 0 Å². The second-order valence-corrected chi connectivity index (χ2v) is 4.99. The van der Waals surface area contributed by atoms with Crippen LogP contribution in [0.4, 0.5) is 13.2 Å². The molecule has 128 valence electrons. The number of ether oxygens (including phenoxy) is 1. The van der Waals surface area contributed by atoms with Crippen molar-refractivity contribution in [3.8, 4) is 22.6 Å². The fraction of sp³-hybridized carbons (Fsp3) is 0.125. The van der Waals surface area contributed by atoms with E-state index in [2.05, 4.69) is 20.0 Å². The Kier molecular flexibility index (Phi) is 4.46. The van der Waals surface area contributed by atoms with E-state index in [1.807, 2.05) is 0 Å². The van der Waals surface area contributed by atoms with Crippen molar-refractivity contribution in [1.82, 2.24) is 14.8 Å². The maximum Gasteiger partial charge on any atom is 0.573 e. The molecule has 0 radical (unpaired) electrons. The van der Waals surface area contributed by atoms with E-state index >= 15 is 0 Å². The molecule has 0 saturated heterocycles. The zero-order chi connectivity index (χ0) is 17.9. The quantitative estimate of drug-likeness (QED) is 0.651. The number of rotatable bonds is 5. The molecule has 3 rings (SSSR count). The number of benzene rings is 2. The average Bonchev–Trinajstić information content (AvgIpc) is 3.03. The highest BCUT2D eigenvalue weighted by molar-refractivity contribution is 5.72. The van der Waals surface area contributed by atoms with E-state index in [0.717, 1.165) is 0 Å². The van der Waals surface area contributed by atoms with Gasteiger partial charge in [-0.25, -0.2) is 9.67 Å². The van der Waals surface area contributed by atoms with Gasteiger partial charge in [0.15, 0.2) is 5.82 Å². The fourth-order valence-electron chi connectivity index (χ4n) is 2.29. The van der Waals surface area contributed by atoms with Crippen molar-refractivity contribution in [2.24, 2.45) is 5.18 Å². The molecule has 3 aromatic rings. The predicted octanol–water partition coefficient (Wildman–Crippen LogP) is 4.10. The molecule has 25 heavy (non-hydrogen) atoms. The summed E-state index contributed by atoms with van der Waals surface area (Å²) in [5, 5.41) is 6.80. The largest absolute Gasteiger partial charge is 0.573 e. The Morgan fingerprint density at radius 3 is 2.68 bits per heavy atom. The van der Waals surface area contributed by atoms with Crippen molar-refractivity contribution >= 4 is 0 Å². The second-order valence-electron chi connectivity index (χ2n) is 4.99. The fourth-order valence-corrected chi connectivity index (χ4v) is 2.29. The standard InChI is InChI=1S/C16H11F3N4O2/c17-16(18,19)25-14-7-2-1-6-13(14)11-4-3-5-12(8-11)23-10-20-15(22-23)9-21-24/h1-8,10H,9H2. The molecule has 0 amide bonds. The second kappa shape index (κ2) is 6.71. The van der Waals surface area contributed by atoms with E-state index in [-0.39, 0.29) is 23.7 Å². The summed E-state index contributed by atoms with van der Waals surface area (Å²) in [5.41, 5.74) is 1.38. The molecule has 0 unspecified atom stereocenters. The van der Waals surface area contributed by atoms with Gasteiger partial charge in [-0.05, 0) is 23.8 Å². The lowest BCUT2D eigenvalue weighted by Gasteiger charge is -2.13. The predicted molar refractivity (Wildman–Crippen MR) is 83.0 cm³/mol. The monoisotopic (exact) mass is 348 g/mol. The number of halogens is 3. The molecule has 0 bridgehead atoms. The van der Waals surface area contributed by atoms with E-state index in [1.54, 1.807) is 30.3 Å². The summed E-state index contributed by atoms with van der Waals surface area (Å²) >= 11 is 0. The number of alkyl halides is 3. The zero-order valence-electron chi connectivity index (χ0n) is 12.6. The third-order valence-electron chi connectivity index (χ3n) is 3.28. The van der Waals surface area contributed by atoms with Gasteiger partial charge in [0.05, 0.1) is 5.69 Å². The average molecular weight is 348 g/mol. The SMILES string of the molecule is O=NCc1ncn(-c2cccc(-c3ccccc3OC(F)(F)F)c2)n1. The maximum atomic E-state index is 12.6. The Balaban J connectivity index is 1.98. The lowest BCUT2D eigenvalue weighted by atomic mass is 10.0. The van der Waals surface area contributed by atoms with Crippen LogP contribution in [0, 0.1) is 4.91 Å². The zero-order valence-corrected chi connectivity index (χ0v) is 12.6. The number of hydrogen-bond acceptors (Lipinski definition) is 5. The Morgan fingerprint density at radius 1 is 1.12 bits per heavy atom. The summed E-state index contributed by atoms with van der Waals surface area (Å²) in [6, 6.07) is 12.6. The van der Waals surface area contributed by atoms with Crippen LogP contribution in [-0.2, 0) is 6.54 Å². The van der Waals surface area contributed by atoms with Crippen LogP contribution in [0.2, 0.25) is 0 Å². The Labute approximate surface area is 139 Å². The molecule has 2 aromatic carbocycles. The summed E-state index contributed by atoms with van der Waals surface area (Å²) in [5.74, 6) is -0.0437. The smallest absolute Gasteiger partial charge is 0.405 e. The number of para-hydroxylation sites is 1. The first kappa shape index (κ1) is 16.6.